The van der Waals surface area contributed by atoms with Crippen LogP contribution in [-0.4, -0.2) is 22.7 Å². The second-order valence-electron chi connectivity index (χ2n) is 2.97. The highest BCUT2D eigenvalue weighted by atomic mass is 16.3. The summed E-state index contributed by atoms with van der Waals surface area (Å²) in [7, 11) is 0. The fourth-order valence-electron chi connectivity index (χ4n) is 1.24. The molecule has 1 aromatic heterocycles. The Balaban J connectivity index is 2.18. The summed E-state index contributed by atoms with van der Waals surface area (Å²) in [6.45, 7) is 0.650. The van der Waals surface area contributed by atoms with Crippen LogP contribution in [0.5, 0.6) is 0 Å². The van der Waals surface area contributed by atoms with E-state index in [9.17, 15) is 5.11 Å². The van der Waals surface area contributed by atoms with Crippen molar-refractivity contribution in [3.8, 4) is 0 Å². The molecule has 0 amide bonds. The highest BCUT2D eigenvalue weighted by Crippen LogP contribution is 2.21. The van der Waals surface area contributed by atoms with Gasteiger partial charge >= 0.3 is 0 Å². The third kappa shape index (κ3) is 1.15. The van der Waals surface area contributed by atoms with Crippen molar-refractivity contribution in [1.82, 2.24) is 10.3 Å². The Morgan fingerprint density at radius 2 is 2.42 bits per heavy atom. The Kier molecular flexibility index (Phi) is 1.71. The number of pyridine rings is 1. The molecule has 0 aromatic carbocycles. The van der Waals surface area contributed by atoms with Gasteiger partial charge in [-0.25, -0.2) is 0 Å². The highest BCUT2D eigenvalue weighted by molar-refractivity contribution is 5.35. The monoisotopic (exact) mass is 165 g/mol. The summed E-state index contributed by atoms with van der Waals surface area (Å²) >= 11 is 0. The van der Waals surface area contributed by atoms with Crippen molar-refractivity contribution < 1.29 is 5.11 Å². The van der Waals surface area contributed by atoms with Crippen LogP contribution in [0.3, 0.4) is 0 Å². The number of aliphatic hydroxyl groups is 1. The van der Waals surface area contributed by atoms with Crippen LogP contribution in [0.1, 0.15) is 11.7 Å². The number of nitrogen functional groups attached to an aromatic ring is 1. The number of β-amino-alcohol motifs (C(OH)–C–C–N with tert-alkyl or cyclic N) is 1. The summed E-state index contributed by atoms with van der Waals surface area (Å²) in [5, 5.41) is 12.4. The molecule has 2 rings (SSSR count). The molecule has 2 heterocycles. The average molecular weight is 165 g/mol. The number of nitrogens with one attached hydrogen (secondary N) is 1. The number of aliphatic hydroxyl groups excluding tert-OH is 1. The quantitative estimate of drug-likeness (QED) is 0.533. The van der Waals surface area contributed by atoms with E-state index in [0.717, 1.165) is 5.69 Å². The lowest BCUT2D eigenvalue weighted by molar-refractivity contribution is 0.0591. The fraction of sp³-hybridized carbons (Fsp3) is 0.375. The molecule has 1 aliphatic heterocycles. The minimum Gasteiger partial charge on any atom is -0.397 e. The van der Waals surface area contributed by atoms with Gasteiger partial charge in [0.05, 0.1) is 29.7 Å². The van der Waals surface area contributed by atoms with E-state index >= 15 is 0 Å². The number of nitrogens with zero attached hydrogens (tertiary/aromatic N) is 1. The molecule has 4 nitrogen and oxygen atoms in total. The minimum absolute atomic E-state index is 0.00870. The highest BCUT2D eigenvalue weighted by Gasteiger charge is 2.30. The molecular weight excluding hydrogens is 154 g/mol. The fourth-order valence-corrected chi connectivity index (χ4v) is 1.24. The topological polar surface area (TPSA) is 71.2 Å². The van der Waals surface area contributed by atoms with Crippen LogP contribution in [0.2, 0.25) is 0 Å². The van der Waals surface area contributed by atoms with Gasteiger partial charge in [-0.1, -0.05) is 0 Å². The van der Waals surface area contributed by atoms with Gasteiger partial charge in [0.2, 0.25) is 0 Å². The van der Waals surface area contributed by atoms with Crippen LogP contribution in [-0.2, 0) is 0 Å². The Morgan fingerprint density at radius 1 is 1.58 bits per heavy atom. The average Bonchev–Trinajstić information content (AvgIpc) is 2.06. The molecule has 4 N–H and O–H groups in total. The number of nitrogens with two attached hydrogens (primary N) is 1. The summed E-state index contributed by atoms with van der Waals surface area (Å²) in [5.41, 5.74) is 6.97. The zero-order valence-corrected chi connectivity index (χ0v) is 6.57. The van der Waals surface area contributed by atoms with Crippen LogP contribution >= 0.6 is 0 Å². The van der Waals surface area contributed by atoms with Crippen molar-refractivity contribution >= 4 is 5.69 Å². The minimum atomic E-state index is -0.305. The first-order valence-electron chi connectivity index (χ1n) is 3.90. The first-order chi connectivity index (χ1) is 5.77. The van der Waals surface area contributed by atoms with Gasteiger partial charge in [0.25, 0.3) is 0 Å². The van der Waals surface area contributed by atoms with Crippen LogP contribution in [0.25, 0.3) is 0 Å². The van der Waals surface area contributed by atoms with Crippen molar-refractivity contribution in [2.45, 2.75) is 12.1 Å². The molecule has 4 heteroatoms. The molecule has 1 aliphatic rings. The number of hydrogen-bond donors (Lipinski definition) is 3. The molecule has 1 aromatic rings. The summed E-state index contributed by atoms with van der Waals surface area (Å²) in [6.07, 6.45) is 1.29. The van der Waals surface area contributed by atoms with Gasteiger partial charge in [-0.15, -0.1) is 0 Å². The second kappa shape index (κ2) is 2.73. The van der Waals surface area contributed by atoms with Crippen LogP contribution in [0.15, 0.2) is 18.3 Å². The molecule has 64 valence electrons. The first-order valence-corrected chi connectivity index (χ1v) is 3.90. The molecule has 0 bridgehead atoms. The zero-order chi connectivity index (χ0) is 8.55. The molecule has 0 radical (unpaired) electrons. The smallest absolute Gasteiger partial charge is 0.0874 e. The van der Waals surface area contributed by atoms with Crippen molar-refractivity contribution in [1.29, 1.82) is 0 Å². The van der Waals surface area contributed by atoms with E-state index in [0.29, 0.717) is 12.2 Å². The first kappa shape index (κ1) is 7.52. The second-order valence-corrected chi connectivity index (χ2v) is 2.97. The number of anilines is 1. The van der Waals surface area contributed by atoms with E-state index in [1.54, 1.807) is 12.3 Å². The van der Waals surface area contributed by atoms with Crippen LogP contribution in [0, 0.1) is 0 Å². The molecule has 2 unspecified atom stereocenters. The molecule has 0 saturated carbocycles. The van der Waals surface area contributed by atoms with Crippen molar-refractivity contribution in [3.05, 3.63) is 24.0 Å². The molecule has 1 fully saturated rings. The van der Waals surface area contributed by atoms with Crippen molar-refractivity contribution in [2.24, 2.45) is 0 Å². The van der Waals surface area contributed by atoms with E-state index in [4.69, 9.17) is 5.73 Å². The Hall–Kier alpha value is -1.13. The number of hydrogen-bond acceptors (Lipinski definition) is 4. The third-order valence-electron chi connectivity index (χ3n) is 2.06. The van der Waals surface area contributed by atoms with Gasteiger partial charge in [0.15, 0.2) is 0 Å². The van der Waals surface area contributed by atoms with E-state index < -0.39 is 0 Å². The lowest BCUT2D eigenvalue weighted by atomic mass is 9.99. The number of aromatic nitrogens is 1. The third-order valence-corrected chi connectivity index (χ3v) is 2.06. The van der Waals surface area contributed by atoms with Gasteiger partial charge in [-0.2, -0.15) is 0 Å². The molecule has 12 heavy (non-hydrogen) atoms. The van der Waals surface area contributed by atoms with Crippen molar-refractivity contribution in [2.75, 3.05) is 12.3 Å². The van der Waals surface area contributed by atoms with E-state index in [1.807, 2.05) is 6.07 Å². The summed E-state index contributed by atoms with van der Waals surface area (Å²) in [6, 6.07) is 3.61. The van der Waals surface area contributed by atoms with Crippen molar-refractivity contribution in [3.63, 3.8) is 0 Å². The molecule has 0 aliphatic carbocycles. The lowest BCUT2D eigenvalue weighted by Crippen LogP contribution is -2.50. The summed E-state index contributed by atoms with van der Waals surface area (Å²) in [4.78, 5) is 4.10. The van der Waals surface area contributed by atoms with Gasteiger partial charge < -0.3 is 16.2 Å². The van der Waals surface area contributed by atoms with E-state index in [-0.39, 0.29) is 12.1 Å². The predicted octanol–water partition coefficient (Wildman–Crippen LogP) is -0.331. The molecule has 2 atom stereocenters. The van der Waals surface area contributed by atoms with Crippen LogP contribution < -0.4 is 11.1 Å². The van der Waals surface area contributed by atoms with Gasteiger partial charge in [-0.05, 0) is 12.1 Å². The van der Waals surface area contributed by atoms with E-state index in [1.165, 1.54) is 0 Å². The molecule has 1 saturated heterocycles. The Morgan fingerprint density at radius 3 is 2.83 bits per heavy atom. The molecular formula is C8H11N3O. The van der Waals surface area contributed by atoms with Gasteiger partial charge in [0.1, 0.15) is 0 Å². The maximum absolute atomic E-state index is 9.30. The maximum atomic E-state index is 9.30. The standard InChI is InChI=1S/C8H11N3O/c9-5-1-2-6(10-3-5)8-7(12)4-11-8/h1-3,7-8,11-12H,4,9H2. The van der Waals surface area contributed by atoms with E-state index in [2.05, 4.69) is 10.3 Å². The Bertz CT molecular complexity index is 272. The van der Waals surface area contributed by atoms with Gasteiger partial charge in [-0.3, -0.25) is 4.98 Å². The van der Waals surface area contributed by atoms with Crippen LogP contribution in [0.4, 0.5) is 5.69 Å². The lowest BCUT2D eigenvalue weighted by Gasteiger charge is -2.33. The Labute approximate surface area is 70.4 Å². The number of rotatable bonds is 1. The maximum Gasteiger partial charge on any atom is 0.0874 e. The zero-order valence-electron chi connectivity index (χ0n) is 6.57. The summed E-state index contributed by atoms with van der Waals surface area (Å²) < 4.78 is 0. The predicted molar refractivity (Wildman–Crippen MR) is 45.4 cm³/mol. The van der Waals surface area contributed by atoms with Gasteiger partial charge in [0, 0.05) is 6.54 Å². The normalized spacial score (nSPS) is 28.1. The largest absolute Gasteiger partial charge is 0.397 e. The molecule has 0 spiro atoms. The SMILES string of the molecule is Nc1ccc(C2NCC2O)nc1. The summed E-state index contributed by atoms with van der Waals surface area (Å²) in [5.74, 6) is 0.